The zero-order valence-corrected chi connectivity index (χ0v) is 12.0. The lowest BCUT2D eigenvalue weighted by atomic mass is 10.1. The van der Waals surface area contributed by atoms with E-state index >= 15 is 0 Å². The lowest BCUT2D eigenvalue weighted by Gasteiger charge is -2.06. The van der Waals surface area contributed by atoms with Crippen LogP contribution < -0.4 is 5.32 Å². The van der Waals surface area contributed by atoms with Gasteiger partial charge in [0.2, 0.25) is 5.91 Å². The molecule has 0 radical (unpaired) electrons. The average molecular weight is 336 g/mol. The van der Waals surface area contributed by atoms with E-state index in [-0.39, 0.29) is 17.9 Å². The van der Waals surface area contributed by atoms with Crippen molar-refractivity contribution in [1.29, 1.82) is 0 Å². The fourth-order valence-corrected chi connectivity index (χ4v) is 1.71. The fourth-order valence-electron chi connectivity index (χ4n) is 1.48. The molecule has 1 amide bonds. The number of nitrogens with one attached hydrogen (secondary N) is 1. The number of ether oxygens (including phenoxy) is 1. The number of rotatable bonds is 8. The number of alkyl halides is 1. The van der Waals surface area contributed by atoms with Crippen molar-refractivity contribution in [3.8, 4) is 0 Å². The van der Waals surface area contributed by atoms with Crippen LogP contribution in [0.1, 0.15) is 12.0 Å². The summed E-state index contributed by atoms with van der Waals surface area (Å²) in [6.07, 6.45) is 0.524. The molecule has 1 rings (SSSR count). The van der Waals surface area contributed by atoms with Gasteiger partial charge >= 0.3 is 0 Å². The molecule has 0 bridgehead atoms. The number of hydrogen-bond donors (Lipinski definition) is 1. The van der Waals surface area contributed by atoms with Gasteiger partial charge in [0.05, 0.1) is 13.0 Å². The van der Waals surface area contributed by atoms with E-state index < -0.39 is 11.6 Å². The minimum absolute atomic E-state index is 0.0630. The Morgan fingerprint density at radius 2 is 2.11 bits per heavy atom. The molecule has 1 aromatic carbocycles. The molecule has 0 unspecified atom stereocenters. The zero-order chi connectivity index (χ0) is 14.1. The van der Waals surface area contributed by atoms with Crippen LogP contribution in [0.3, 0.4) is 0 Å². The van der Waals surface area contributed by atoms with E-state index in [1.165, 1.54) is 12.1 Å². The number of carbonyl (C=O) groups is 1. The molecule has 0 aromatic heterocycles. The molecule has 0 spiro atoms. The maximum Gasteiger partial charge on any atom is 0.224 e. The highest BCUT2D eigenvalue weighted by atomic mass is 79.9. The third kappa shape index (κ3) is 6.11. The Bertz CT molecular complexity index is 416. The van der Waals surface area contributed by atoms with Crippen molar-refractivity contribution in [2.45, 2.75) is 12.8 Å². The van der Waals surface area contributed by atoms with Crippen molar-refractivity contribution in [3.05, 3.63) is 35.4 Å². The highest BCUT2D eigenvalue weighted by Crippen LogP contribution is 2.11. The van der Waals surface area contributed by atoms with Gasteiger partial charge in [0.25, 0.3) is 0 Å². The van der Waals surface area contributed by atoms with Gasteiger partial charge in [-0.3, -0.25) is 4.79 Å². The molecule has 6 heteroatoms. The molecule has 0 saturated carbocycles. The molecule has 0 aliphatic carbocycles. The molecule has 0 aliphatic heterocycles. The lowest BCUT2D eigenvalue weighted by molar-refractivity contribution is -0.120. The van der Waals surface area contributed by atoms with E-state index in [1.54, 1.807) is 0 Å². The van der Waals surface area contributed by atoms with Gasteiger partial charge in [0.15, 0.2) is 11.6 Å². The molecule has 0 aliphatic rings. The maximum atomic E-state index is 13.3. The van der Waals surface area contributed by atoms with Gasteiger partial charge in [0, 0.05) is 24.0 Å². The molecule has 0 saturated heterocycles. The van der Waals surface area contributed by atoms with Gasteiger partial charge in [0.1, 0.15) is 0 Å². The second kappa shape index (κ2) is 8.98. The number of carbonyl (C=O) groups excluding carboxylic acids is 1. The van der Waals surface area contributed by atoms with Crippen LogP contribution in [-0.4, -0.2) is 31.0 Å². The Hall–Kier alpha value is -1.01. The molecule has 0 atom stereocenters. The van der Waals surface area contributed by atoms with Crippen molar-refractivity contribution in [2.24, 2.45) is 0 Å². The zero-order valence-electron chi connectivity index (χ0n) is 10.4. The summed E-state index contributed by atoms with van der Waals surface area (Å²) in [5.41, 5.74) is 0.0630. The Balaban J connectivity index is 2.26. The van der Waals surface area contributed by atoms with Gasteiger partial charge < -0.3 is 10.1 Å². The summed E-state index contributed by atoms with van der Waals surface area (Å²) in [5, 5.41) is 3.41. The third-order valence-corrected chi connectivity index (χ3v) is 2.72. The first-order chi connectivity index (χ1) is 9.15. The van der Waals surface area contributed by atoms with Crippen LogP contribution in [0.5, 0.6) is 0 Å². The van der Waals surface area contributed by atoms with Crippen molar-refractivity contribution in [2.75, 3.05) is 25.1 Å². The molecule has 19 heavy (non-hydrogen) atoms. The van der Waals surface area contributed by atoms with E-state index in [0.717, 1.165) is 11.4 Å². The molecule has 3 nitrogen and oxygen atoms in total. The fraction of sp³-hybridized carbons (Fsp3) is 0.462. The van der Waals surface area contributed by atoms with Gasteiger partial charge in [-0.25, -0.2) is 8.78 Å². The molecular weight excluding hydrogens is 320 g/mol. The van der Waals surface area contributed by atoms with Crippen LogP contribution in [-0.2, 0) is 16.0 Å². The summed E-state index contributed by atoms with van der Waals surface area (Å²) in [6.45, 7) is 1.64. The summed E-state index contributed by atoms with van der Waals surface area (Å²) in [6, 6.07) is 3.81. The standard InChI is InChI=1S/C13H16BrF2NO2/c14-5-8-19-7-2-6-17-12(18)9-10-3-1-4-11(15)13(10)16/h1,3-4H,2,5-9H2,(H,17,18). The number of hydrogen-bond acceptors (Lipinski definition) is 2. The summed E-state index contributed by atoms with van der Waals surface area (Å²) in [7, 11) is 0. The molecule has 1 N–H and O–H groups in total. The quantitative estimate of drug-likeness (QED) is 0.585. The smallest absolute Gasteiger partial charge is 0.224 e. The van der Waals surface area contributed by atoms with Crippen LogP contribution in [0.2, 0.25) is 0 Å². The van der Waals surface area contributed by atoms with E-state index in [9.17, 15) is 13.6 Å². The minimum atomic E-state index is -0.960. The normalized spacial score (nSPS) is 10.5. The largest absolute Gasteiger partial charge is 0.381 e. The first-order valence-corrected chi connectivity index (χ1v) is 7.10. The average Bonchev–Trinajstić information content (AvgIpc) is 2.39. The van der Waals surface area contributed by atoms with Crippen LogP contribution in [0.25, 0.3) is 0 Å². The first-order valence-electron chi connectivity index (χ1n) is 5.98. The maximum absolute atomic E-state index is 13.3. The molecule has 0 heterocycles. The van der Waals surface area contributed by atoms with Crippen molar-refractivity contribution in [1.82, 2.24) is 5.32 Å². The van der Waals surface area contributed by atoms with E-state index in [4.69, 9.17) is 4.74 Å². The first kappa shape index (κ1) is 16.0. The highest BCUT2D eigenvalue weighted by Gasteiger charge is 2.11. The Labute approximate surface area is 119 Å². The Kier molecular flexibility index (Phi) is 7.59. The summed E-state index contributed by atoms with van der Waals surface area (Å²) in [5.74, 6) is -2.23. The number of halogens is 3. The second-order valence-electron chi connectivity index (χ2n) is 3.89. The van der Waals surface area contributed by atoms with Crippen LogP contribution in [0, 0.1) is 11.6 Å². The van der Waals surface area contributed by atoms with Crippen LogP contribution in [0.15, 0.2) is 18.2 Å². The summed E-state index contributed by atoms with van der Waals surface area (Å²) in [4.78, 5) is 11.5. The third-order valence-electron chi connectivity index (χ3n) is 2.39. The van der Waals surface area contributed by atoms with E-state index in [0.29, 0.717) is 26.2 Å². The molecule has 1 aromatic rings. The predicted molar refractivity (Wildman–Crippen MR) is 72.3 cm³/mol. The number of benzene rings is 1. The SMILES string of the molecule is O=C(Cc1cccc(F)c1F)NCCCOCCBr. The Morgan fingerprint density at radius 1 is 1.32 bits per heavy atom. The van der Waals surface area contributed by atoms with Crippen molar-refractivity contribution in [3.63, 3.8) is 0 Å². The van der Waals surface area contributed by atoms with E-state index in [1.807, 2.05) is 0 Å². The molecule has 0 fully saturated rings. The topological polar surface area (TPSA) is 38.3 Å². The monoisotopic (exact) mass is 335 g/mol. The predicted octanol–water partition coefficient (Wildman–Crippen LogP) is 2.43. The van der Waals surface area contributed by atoms with E-state index in [2.05, 4.69) is 21.2 Å². The Morgan fingerprint density at radius 3 is 2.84 bits per heavy atom. The molecular formula is C13H16BrF2NO2. The van der Waals surface area contributed by atoms with Crippen molar-refractivity contribution >= 4 is 21.8 Å². The molecule has 106 valence electrons. The lowest BCUT2D eigenvalue weighted by Crippen LogP contribution is -2.27. The summed E-state index contributed by atoms with van der Waals surface area (Å²) < 4.78 is 31.4. The minimum Gasteiger partial charge on any atom is -0.381 e. The van der Waals surface area contributed by atoms with Crippen molar-refractivity contribution < 1.29 is 18.3 Å². The van der Waals surface area contributed by atoms with Gasteiger partial charge in [-0.05, 0) is 12.5 Å². The summed E-state index contributed by atoms with van der Waals surface area (Å²) >= 11 is 3.23. The van der Waals surface area contributed by atoms with Gasteiger partial charge in [-0.2, -0.15) is 0 Å². The number of amides is 1. The van der Waals surface area contributed by atoms with Crippen LogP contribution >= 0.6 is 15.9 Å². The van der Waals surface area contributed by atoms with Crippen LogP contribution in [0.4, 0.5) is 8.78 Å². The van der Waals surface area contributed by atoms with Gasteiger partial charge in [-0.15, -0.1) is 0 Å². The van der Waals surface area contributed by atoms with Gasteiger partial charge in [-0.1, -0.05) is 28.1 Å². The highest BCUT2D eigenvalue weighted by molar-refractivity contribution is 9.09. The second-order valence-corrected chi connectivity index (χ2v) is 4.69.